The molecule has 2 fully saturated rings. The molecule has 4 aliphatic rings. The molecule has 0 aromatic heterocycles. The zero-order chi connectivity index (χ0) is 19.7. The zero-order valence-corrected chi connectivity index (χ0v) is 17.8. The average molecular weight is 388 g/mol. The Labute approximate surface area is 169 Å². The number of fused-ring (bicyclic) bond motifs is 1. The van der Waals surface area contributed by atoms with E-state index in [1.54, 1.807) is 11.3 Å². The molecule has 0 aromatic carbocycles. The number of rotatable bonds is 5. The Bertz CT molecular complexity index is 633. The van der Waals surface area contributed by atoms with Gasteiger partial charge in [-0.15, -0.1) is 0 Å². The van der Waals surface area contributed by atoms with E-state index in [0.717, 1.165) is 30.8 Å². The van der Waals surface area contributed by atoms with Crippen molar-refractivity contribution in [3.8, 4) is 0 Å². The first-order valence-corrected chi connectivity index (χ1v) is 11.0. The lowest BCUT2D eigenvalue weighted by Crippen LogP contribution is -2.55. The van der Waals surface area contributed by atoms with Crippen molar-refractivity contribution in [1.29, 1.82) is 0 Å². The maximum atomic E-state index is 6.33. The molecule has 0 bridgehead atoms. The summed E-state index contributed by atoms with van der Waals surface area (Å²) >= 11 is 0. The number of likely N-dealkylation sites (N-methyl/N-ethyl adjacent to an activating group) is 1. The first-order valence-electron chi connectivity index (χ1n) is 11.0. The van der Waals surface area contributed by atoms with Crippen molar-refractivity contribution in [3.63, 3.8) is 0 Å². The Hall–Kier alpha value is -1.31. The maximum Gasteiger partial charge on any atom is 0.130 e. The van der Waals surface area contributed by atoms with Crippen LogP contribution in [0.4, 0.5) is 0 Å². The van der Waals surface area contributed by atoms with Crippen LogP contribution in [0.2, 0.25) is 0 Å². The SMILES string of the molecule is CN=C(C1CCC(CN2CCC(N(C)C)C2)CC1)C1C2CCN=C2N=CN1N. The Balaban J connectivity index is 1.33. The number of aliphatic imine (C=N–C) groups is 3. The van der Waals surface area contributed by atoms with E-state index in [4.69, 9.17) is 10.8 Å². The molecular formula is C21H37N7. The van der Waals surface area contributed by atoms with Gasteiger partial charge < -0.3 is 9.80 Å². The minimum Gasteiger partial charge on any atom is -0.305 e. The minimum atomic E-state index is 0.143. The van der Waals surface area contributed by atoms with E-state index in [9.17, 15) is 0 Å². The van der Waals surface area contributed by atoms with Crippen molar-refractivity contribution in [2.75, 3.05) is 47.3 Å². The molecule has 0 amide bonds. The van der Waals surface area contributed by atoms with E-state index in [2.05, 4.69) is 33.9 Å². The first kappa shape index (κ1) is 20.0. The number of nitrogens with zero attached hydrogens (tertiary/aromatic N) is 6. The third-order valence-electron chi connectivity index (χ3n) is 7.39. The molecule has 156 valence electrons. The quantitative estimate of drug-likeness (QED) is 0.573. The van der Waals surface area contributed by atoms with Crippen LogP contribution in [0.3, 0.4) is 0 Å². The van der Waals surface area contributed by atoms with E-state index < -0.39 is 0 Å². The summed E-state index contributed by atoms with van der Waals surface area (Å²) in [5.74, 6) is 9.01. The van der Waals surface area contributed by atoms with Gasteiger partial charge in [-0.3, -0.25) is 15.0 Å². The van der Waals surface area contributed by atoms with Crippen LogP contribution in [0, 0.1) is 17.8 Å². The molecule has 4 rings (SSSR count). The minimum absolute atomic E-state index is 0.143. The Morgan fingerprint density at radius 3 is 2.68 bits per heavy atom. The van der Waals surface area contributed by atoms with Crippen LogP contribution in [0.5, 0.6) is 0 Å². The van der Waals surface area contributed by atoms with Gasteiger partial charge in [0.25, 0.3) is 0 Å². The summed E-state index contributed by atoms with van der Waals surface area (Å²) in [7, 11) is 6.36. The maximum absolute atomic E-state index is 6.33. The molecule has 3 atom stereocenters. The second kappa shape index (κ2) is 8.59. The summed E-state index contributed by atoms with van der Waals surface area (Å²) in [6.45, 7) is 4.64. The fourth-order valence-corrected chi connectivity index (χ4v) is 5.73. The normalized spacial score (nSPS) is 36.9. The molecule has 1 saturated heterocycles. The van der Waals surface area contributed by atoms with E-state index in [1.165, 1.54) is 57.5 Å². The third-order valence-corrected chi connectivity index (χ3v) is 7.39. The van der Waals surface area contributed by atoms with E-state index in [0.29, 0.717) is 11.8 Å². The van der Waals surface area contributed by atoms with E-state index >= 15 is 0 Å². The Morgan fingerprint density at radius 2 is 2.00 bits per heavy atom. The molecule has 3 heterocycles. The molecule has 3 aliphatic heterocycles. The van der Waals surface area contributed by atoms with Gasteiger partial charge in [-0.2, -0.15) is 0 Å². The topological polar surface area (TPSA) is 72.8 Å². The van der Waals surface area contributed by atoms with Gasteiger partial charge in [0, 0.05) is 44.4 Å². The molecule has 1 aliphatic carbocycles. The molecule has 0 aromatic rings. The van der Waals surface area contributed by atoms with Crippen LogP contribution in [0.25, 0.3) is 0 Å². The number of likely N-dealkylation sites (tertiary alicyclic amines) is 1. The molecule has 3 unspecified atom stereocenters. The van der Waals surface area contributed by atoms with Crippen LogP contribution in [-0.2, 0) is 0 Å². The molecule has 7 heteroatoms. The van der Waals surface area contributed by atoms with Crippen LogP contribution >= 0.6 is 0 Å². The first-order chi connectivity index (χ1) is 13.6. The van der Waals surface area contributed by atoms with Gasteiger partial charge in [0.2, 0.25) is 0 Å². The van der Waals surface area contributed by atoms with Crippen molar-refractivity contribution in [2.24, 2.45) is 38.6 Å². The van der Waals surface area contributed by atoms with Crippen LogP contribution in [0.15, 0.2) is 15.0 Å². The van der Waals surface area contributed by atoms with Gasteiger partial charge in [-0.25, -0.2) is 10.8 Å². The van der Waals surface area contributed by atoms with E-state index in [1.807, 2.05) is 7.05 Å². The summed E-state index contributed by atoms with van der Waals surface area (Å²) in [6, 6.07) is 0.880. The van der Waals surface area contributed by atoms with E-state index in [-0.39, 0.29) is 6.04 Å². The second-order valence-corrected chi connectivity index (χ2v) is 9.30. The largest absolute Gasteiger partial charge is 0.305 e. The molecule has 2 N–H and O–H groups in total. The summed E-state index contributed by atoms with van der Waals surface area (Å²) in [4.78, 5) is 18.8. The fourth-order valence-electron chi connectivity index (χ4n) is 5.73. The number of amidine groups is 1. The predicted octanol–water partition coefficient (Wildman–Crippen LogP) is 1.50. The Morgan fingerprint density at radius 1 is 1.21 bits per heavy atom. The smallest absolute Gasteiger partial charge is 0.130 e. The van der Waals surface area contributed by atoms with Crippen molar-refractivity contribution in [2.45, 2.75) is 50.6 Å². The Kier molecular flexibility index (Phi) is 6.13. The molecule has 7 nitrogen and oxygen atoms in total. The van der Waals surface area contributed by atoms with Gasteiger partial charge in [-0.05, 0) is 71.0 Å². The lowest BCUT2D eigenvalue weighted by atomic mass is 9.75. The fraction of sp³-hybridized carbons (Fsp3) is 0.857. The van der Waals surface area contributed by atoms with Gasteiger partial charge >= 0.3 is 0 Å². The summed E-state index contributed by atoms with van der Waals surface area (Å²) in [5, 5.41) is 1.79. The van der Waals surface area contributed by atoms with Crippen molar-refractivity contribution in [1.82, 2.24) is 14.8 Å². The second-order valence-electron chi connectivity index (χ2n) is 9.30. The van der Waals surface area contributed by atoms with Gasteiger partial charge in [0.05, 0.1) is 6.04 Å². The lowest BCUT2D eigenvalue weighted by Gasteiger charge is -2.39. The highest BCUT2D eigenvalue weighted by atomic mass is 15.4. The van der Waals surface area contributed by atoms with Crippen LogP contribution in [0.1, 0.15) is 38.5 Å². The average Bonchev–Trinajstić information content (AvgIpc) is 3.35. The summed E-state index contributed by atoms with van der Waals surface area (Å²) in [5.41, 5.74) is 1.28. The lowest BCUT2D eigenvalue weighted by molar-refractivity contribution is 0.203. The molecule has 0 radical (unpaired) electrons. The highest BCUT2D eigenvalue weighted by Crippen LogP contribution is 2.35. The van der Waals surface area contributed by atoms with Gasteiger partial charge in [0.1, 0.15) is 12.2 Å². The number of hydrazine groups is 1. The molecule has 1 saturated carbocycles. The number of hydrogen-bond donors (Lipinski definition) is 1. The standard InChI is InChI=1S/C21H37N7/c1-23-19(20-18-8-10-24-21(18)25-14-28(20)22)16-6-4-15(5-7-16)12-27-11-9-17(13-27)26(2)3/h14-18,20H,4-13,22H2,1-3H3. The summed E-state index contributed by atoms with van der Waals surface area (Å²) in [6.07, 6.45) is 9.20. The summed E-state index contributed by atoms with van der Waals surface area (Å²) < 4.78 is 0. The predicted molar refractivity (Wildman–Crippen MR) is 116 cm³/mol. The highest BCUT2D eigenvalue weighted by molar-refractivity contribution is 6.03. The molecule has 0 spiro atoms. The van der Waals surface area contributed by atoms with Crippen LogP contribution < -0.4 is 5.84 Å². The monoisotopic (exact) mass is 387 g/mol. The number of nitrogens with two attached hydrogens (primary N) is 1. The van der Waals surface area contributed by atoms with Crippen molar-refractivity contribution < 1.29 is 0 Å². The molecule has 28 heavy (non-hydrogen) atoms. The van der Waals surface area contributed by atoms with Crippen LogP contribution in [-0.4, -0.2) is 92.1 Å². The number of hydrogen-bond acceptors (Lipinski definition) is 7. The third kappa shape index (κ3) is 4.02. The van der Waals surface area contributed by atoms with Crippen molar-refractivity contribution in [3.05, 3.63) is 0 Å². The zero-order valence-electron chi connectivity index (χ0n) is 17.8. The highest BCUT2D eigenvalue weighted by Gasteiger charge is 2.41. The van der Waals surface area contributed by atoms with Gasteiger partial charge in [-0.1, -0.05) is 0 Å². The van der Waals surface area contributed by atoms with Gasteiger partial charge in [0.15, 0.2) is 0 Å². The molecular weight excluding hydrogens is 350 g/mol. The van der Waals surface area contributed by atoms with Crippen molar-refractivity contribution >= 4 is 17.9 Å².